The molecule has 0 saturated carbocycles. The SMILES string of the molecule is Cc1nc2ccc(C(=O)N3C[C@@H]4C(=O)NC[C@]4(C(=O)O)C3)cc2[nH]1. The molecule has 0 bridgehead atoms. The maximum Gasteiger partial charge on any atom is 0.314 e. The first kappa shape index (κ1) is 14.7. The van der Waals surface area contributed by atoms with Gasteiger partial charge < -0.3 is 20.3 Å². The number of aliphatic carboxylic acids is 1. The third-order valence-electron chi connectivity index (χ3n) is 5.00. The smallest absolute Gasteiger partial charge is 0.314 e. The standard InChI is InChI=1S/C16H16N4O4/c1-8-18-11-3-2-9(4-12(11)19-8)14(22)20-5-10-13(21)17-6-16(10,7-20)15(23)24/h2-4,10H,5-7H2,1H3,(H,17,21)(H,18,19)(H,23,24)/t10-,16+/m1/s1. The van der Waals surface area contributed by atoms with Crippen LogP contribution < -0.4 is 5.32 Å². The summed E-state index contributed by atoms with van der Waals surface area (Å²) in [6.07, 6.45) is 0. The van der Waals surface area contributed by atoms with E-state index in [9.17, 15) is 19.5 Å². The summed E-state index contributed by atoms with van der Waals surface area (Å²) in [6, 6.07) is 5.13. The van der Waals surface area contributed by atoms with Gasteiger partial charge in [-0.15, -0.1) is 0 Å². The number of benzene rings is 1. The van der Waals surface area contributed by atoms with Crippen LogP contribution in [0.25, 0.3) is 11.0 Å². The zero-order valence-electron chi connectivity index (χ0n) is 13.0. The molecule has 2 aliphatic heterocycles. The Hall–Kier alpha value is -2.90. The number of H-pyrrole nitrogens is 1. The first-order valence-corrected chi connectivity index (χ1v) is 7.67. The highest BCUT2D eigenvalue weighted by molar-refractivity contribution is 6.00. The second-order valence-corrected chi connectivity index (χ2v) is 6.47. The largest absolute Gasteiger partial charge is 0.481 e. The van der Waals surface area contributed by atoms with Gasteiger partial charge in [0.05, 0.1) is 17.0 Å². The van der Waals surface area contributed by atoms with Crippen molar-refractivity contribution < 1.29 is 19.5 Å². The lowest BCUT2D eigenvalue weighted by Gasteiger charge is -2.22. The van der Waals surface area contributed by atoms with Crippen molar-refractivity contribution in [2.45, 2.75) is 6.92 Å². The van der Waals surface area contributed by atoms with Crippen LogP contribution in [-0.4, -0.2) is 57.4 Å². The number of carbonyl (C=O) groups is 3. The summed E-state index contributed by atoms with van der Waals surface area (Å²) in [5.41, 5.74) is 0.751. The predicted octanol–water partition coefficient (Wildman–Crippen LogP) is 0.144. The third-order valence-corrected chi connectivity index (χ3v) is 5.00. The minimum Gasteiger partial charge on any atom is -0.481 e. The number of aromatic amines is 1. The molecule has 3 heterocycles. The van der Waals surface area contributed by atoms with Gasteiger partial charge in [-0.25, -0.2) is 4.98 Å². The van der Waals surface area contributed by atoms with E-state index in [1.807, 2.05) is 6.92 Å². The maximum atomic E-state index is 12.8. The second kappa shape index (κ2) is 4.80. The van der Waals surface area contributed by atoms with E-state index in [0.29, 0.717) is 5.56 Å². The van der Waals surface area contributed by atoms with Gasteiger partial charge in [0.25, 0.3) is 5.91 Å². The minimum absolute atomic E-state index is 0.0324. The summed E-state index contributed by atoms with van der Waals surface area (Å²) in [6.45, 7) is 2.05. The number of carbonyl (C=O) groups excluding carboxylic acids is 2. The van der Waals surface area contributed by atoms with E-state index in [1.54, 1.807) is 18.2 Å². The number of carboxylic acid groups (broad SMARTS) is 1. The van der Waals surface area contributed by atoms with Gasteiger partial charge in [0.15, 0.2) is 0 Å². The molecule has 2 atom stereocenters. The van der Waals surface area contributed by atoms with Gasteiger partial charge in [-0.3, -0.25) is 14.4 Å². The lowest BCUT2D eigenvalue weighted by Crippen LogP contribution is -2.41. The number of nitrogens with zero attached hydrogens (tertiary/aromatic N) is 2. The first-order chi connectivity index (χ1) is 11.4. The summed E-state index contributed by atoms with van der Waals surface area (Å²) in [5.74, 6) is -1.55. The molecule has 8 heteroatoms. The third kappa shape index (κ3) is 1.92. The number of aromatic nitrogens is 2. The fourth-order valence-electron chi connectivity index (χ4n) is 3.69. The van der Waals surface area contributed by atoms with Crippen molar-refractivity contribution in [3.8, 4) is 0 Å². The molecule has 0 spiro atoms. The van der Waals surface area contributed by atoms with Crippen molar-refractivity contribution in [1.82, 2.24) is 20.2 Å². The zero-order valence-corrected chi connectivity index (χ0v) is 13.0. The highest BCUT2D eigenvalue weighted by atomic mass is 16.4. The van der Waals surface area contributed by atoms with Crippen LogP contribution in [-0.2, 0) is 9.59 Å². The van der Waals surface area contributed by atoms with Gasteiger partial charge in [0, 0.05) is 25.2 Å². The molecule has 8 nitrogen and oxygen atoms in total. The van der Waals surface area contributed by atoms with E-state index in [4.69, 9.17) is 0 Å². The molecule has 3 N–H and O–H groups in total. The Balaban J connectivity index is 1.65. The van der Waals surface area contributed by atoms with Crippen LogP contribution in [0, 0.1) is 18.3 Å². The van der Waals surface area contributed by atoms with Crippen LogP contribution in [0.2, 0.25) is 0 Å². The van der Waals surface area contributed by atoms with Gasteiger partial charge in [-0.05, 0) is 25.1 Å². The average molecular weight is 328 g/mol. The molecule has 0 aliphatic carbocycles. The number of amides is 2. The van der Waals surface area contributed by atoms with Crippen molar-refractivity contribution in [3.05, 3.63) is 29.6 Å². The normalized spacial score (nSPS) is 25.8. The van der Waals surface area contributed by atoms with E-state index in [-0.39, 0.29) is 31.4 Å². The van der Waals surface area contributed by atoms with Crippen molar-refractivity contribution >= 4 is 28.8 Å². The maximum absolute atomic E-state index is 12.8. The van der Waals surface area contributed by atoms with Crippen LogP contribution in [0.5, 0.6) is 0 Å². The molecular formula is C16H16N4O4. The molecule has 2 amide bonds. The number of aryl methyl sites for hydroxylation is 1. The highest BCUT2D eigenvalue weighted by Crippen LogP contribution is 2.40. The topological polar surface area (TPSA) is 115 Å². The van der Waals surface area contributed by atoms with E-state index in [1.165, 1.54) is 4.90 Å². The van der Waals surface area contributed by atoms with Crippen molar-refractivity contribution in [3.63, 3.8) is 0 Å². The summed E-state index contributed by atoms with van der Waals surface area (Å²) in [4.78, 5) is 45.2. The van der Waals surface area contributed by atoms with Gasteiger partial charge >= 0.3 is 5.97 Å². The molecule has 0 unspecified atom stereocenters. The van der Waals surface area contributed by atoms with E-state index in [2.05, 4.69) is 15.3 Å². The number of rotatable bonds is 2. The Morgan fingerprint density at radius 2 is 2.21 bits per heavy atom. The molecule has 4 rings (SSSR count). The monoisotopic (exact) mass is 328 g/mol. The molecule has 2 saturated heterocycles. The number of hydrogen-bond donors (Lipinski definition) is 3. The van der Waals surface area contributed by atoms with Gasteiger partial charge in [0.2, 0.25) is 5.91 Å². The highest BCUT2D eigenvalue weighted by Gasteiger charge is 2.60. The molecule has 2 fully saturated rings. The van der Waals surface area contributed by atoms with Crippen molar-refractivity contribution in [1.29, 1.82) is 0 Å². The molecule has 1 aromatic carbocycles. The van der Waals surface area contributed by atoms with Crippen LogP contribution >= 0.6 is 0 Å². The summed E-state index contributed by atoms with van der Waals surface area (Å²) in [7, 11) is 0. The molecular weight excluding hydrogens is 312 g/mol. The number of imidazole rings is 1. The summed E-state index contributed by atoms with van der Waals surface area (Å²) in [5, 5.41) is 12.2. The van der Waals surface area contributed by atoms with E-state index in [0.717, 1.165) is 16.9 Å². The van der Waals surface area contributed by atoms with Crippen LogP contribution in [0.1, 0.15) is 16.2 Å². The van der Waals surface area contributed by atoms with Crippen molar-refractivity contribution in [2.75, 3.05) is 19.6 Å². The Bertz CT molecular complexity index is 889. The Labute approximate surface area is 136 Å². The number of likely N-dealkylation sites (tertiary alicyclic amines) is 1. The number of hydrogen-bond acceptors (Lipinski definition) is 4. The fourth-order valence-corrected chi connectivity index (χ4v) is 3.69. The Morgan fingerprint density at radius 3 is 2.92 bits per heavy atom. The molecule has 2 aliphatic rings. The number of carboxylic acids is 1. The fraction of sp³-hybridized carbons (Fsp3) is 0.375. The summed E-state index contributed by atoms with van der Waals surface area (Å²) < 4.78 is 0. The first-order valence-electron chi connectivity index (χ1n) is 7.67. The van der Waals surface area contributed by atoms with Crippen LogP contribution in [0.4, 0.5) is 0 Å². The number of fused-ring (bicyclic) bond motifs is 2. The lowest BCUT2D eigenvalue weighted by atomic mass is 9.81. The Morgan fingerprint density at radius 1 is 1.42 bits per heavy atom. The van der Waals surface area contributed by atoms with Crippen LogP contribution in [0.3, 0.4) is 0 Å². The van der Waals surface area contributed by atoms with E-state index >= 15 is 0 Å². The summed E-state index contributed by atoms with van der Waals surface area (Å²) >= 11 is 0. The molecule has 24 heavy (non-hydrogen) atoms. The van der Waals surface area contributed by atoms with Gasteiger partial charge in [0.1, 0.15) is 11.2 Å². The minimum atomic E-state index is -1.22. The Kier molecular flexibility index (Phi) is 2.93. The second-order valence-electron chi connectivity index (χ2n) is 6.47. The predicted molar refractivity (Wildman–Crippen MR) is 83.3 cm³/mol. The average Bonchev–Trinajstić information content (AvgIpc) is 3.18. The van der Waals surface area contributed by atoms with Gasteiger partial charge in [-0.1, -0.05) is 0 Å². The molecule has 2 aromatic rings. The molecule has 1 aromatic heterocycles. The quantitative estimate of drug-likeness (QED) is 0.725. The van der Waals surface area contributed by atoms with Crippen LogP contribution in [0.15, 0.2) is 18.2 Å². The van der Waals surface area contributed by atoms with Crippen molar-refractivity contribution in [2.24, 2.45) is 11.3 Å². The molecule has 0 radical (unpaired) electrons. The lowest BCUT2D eigenvalue weighted by molar-refractivity contribution is -0.149. The number of nitrogens with one attached hydrogen (secondary N) is 2. The molecule has 124 valence electrons. The van der Waals surface area contributed by atoms with E-state index < -0.39 is 17.3 Å². The van der Waals surface area contributed by atoms with Gasteiger partial charge in [-0.2, -0.15) is 0 Å². The zero-order chi connectivity index (χ0) is 17.1.